The van der Waals surface area contributed by atoms with E-state index in [9.17, 15) is 0 Å². The lowest BCUT2D eigenvalue weighted by molar-refractivity contribution is 0.490. The molecule has 16 heavy (non-hydrogen) atoms. The van der Waals surface area contributed by atoms with Crippen LogP contribution in [0.4, 0.5) is 0 Å². The van der Waals surface area contributed by atoms with E-state index in [2.05, 4.69) is 35.3 Å². The third-order valence-corrected chi connectivity index (χ3v) is 3.96. The van der Waals surface area contributed by atoms with Crippen LogP contribution < -0.4 is 0 Å². The summed E-state index contributed by atoms with van der Waals surface area (Å²) in [6.07, 6.45) is 0. The van der Waals surface area contributed by atoms with Gasteiger partial charge in [0.25, 0.3) is 0 Å². The number of fused-ring (bicyclic) bond motifs is 2. The molecular formula is C12H9NOS2. The lowest BCUT2D eigenvalue weighted by Crippen LogP contribution is -1.79. The highest BCUT2D eigenvalue weighted by Gasteiger charge is 2.05. The molecule has 4 heteroatoms. The second-order valence-corrected chi connectivity index (χ2v) is 5.23. The van der Waals surface area contributed by atoms with Gasteiger partial charge in [-0.05, 0) is 29.0 Å². The van der Waals surface area contributed by atoms with E-state index in [0.717, 1.165) is 10.4 Å². The summed E-state index contributed by atoms with van der Waals surface area (Å²) < 4.78 is 6.36. The average molecular weight is 247 g/mol. The fourth-order valence-corrected chi connectivity index (χ4v) is 3.05. The van der Waals surface area contributed by atoms with Crippen LogP contribution in [0.25, 0.3) is 21.0 Å². The van der Waals surface area contributed by atoms with Crippen LogP contribution in [0.5, 0.6) is 0 Å². The van der Waals surface area contributed by atoms with Gasteiger partial charge in [-0.25, -0.2) is 4.98 Å². The quantitative estimate of drug-likeness (QED) is 0.636. The van der Waals surface area contributed by atoms with Crippen LogP contribution in [0.1, 0.15) is 0 Å². The van der Waals surface area contributed by atoms with E-state index in [-0.39, 0.29) is 0 Å². The van der Waals surface area contributed by atoms with Crippen molar-refractivity contribution < 1.29 is 4.18 Å². The fourth-order valence-electron chi connectivity index (χ4n) is 1.76. The van der Waals surface area contributed by atoms with Crippen LogP contribution >= 0.6 is 23.4 Å². The standard InChI is InChI=1S/C12H9NOS2/c1-14-16-11-4-2-3-8-5-12-10(6-9(8)11)13-7-15-12/h2-7H,1H3. The molecule has 0 atom stereocenters. The van der Waals surface area contributed by atoms with Gasteiger partial charge in [0.15, 0.2) is 0 Å². The Morgan fingerprint density at radius 2 is 2.25 bits per heavy atom. The Bertz CT molecular complexity index is 648. The van der Waals surface area contributed by atoms with Crippen LogP contribution in [0.3, 0.4) is 0 Å². The van der Waals surface area contributed by atoms with Gasteiger partial charge >= 0.3 is 0 Å². The topological polar surface area (TPSA) is 22.1 Å². The maximum absolute atomic E-state index is 5.13. The molecule has 0 saturated heterocycles. The Kier molecular flexibility index (Phi) is 2.55. The van der Waals surface area contributed by atoms with Crippen molar-refractivity contribution in [2.45, 2.75) is 4.90 Å². The lowest BCUT2D eigenvalue weighted by Gasteiger charge is -2.04. The summed E-state index contributed by atoms with van der Waals surface area (Å²) in [7, 11) is 1.69. The van der Waals surface area contributed by atoms with Crippen molar-refractivity contribution in [3.63, 3.8) is 0 Å². The molecular weight excluding hydrogens is 238 g/mol. The molecule has 0 amide bonds. The van der Waals surface area contributed by atoms with Crippen molar-refractivity contribution >= 4 is 44.4 Å². The molecule has 0 aliphatic carbocycles. The molecule has 3 rings (SSSR count). The van der Waals surface area contributed by atoms with Crippen molar-refractivity contribution in [1.29, 1.82) is 0 Å². The molecule has 0 fully saturated rings. The minimum Gasteiger partial charge on any atom is -0.314 e. The van der Waals surface area contributed by atoms with Crippen molar-refractivity contribution in [2.75, 3.05) is 7.11 Å². The number of thiazole rings is 1. The monoisotopic (exact) mass is 247 g/mol. The van der Waals surface area contributed by atoms with E-state index in [4.69, 9.17) is 4.18 Å². The van der Waals surface area contributed by atoms with E-state index in [0.29, 0.717) is 0 Å². The van der Waals surface area contributed by atoms with Gasteiger partial charge in [0, 0.05) is 16.9 Å². The molecule has 0 radical (unpaired) electrons. The second-order valence-electron chi connectivity index (χ2n) is 3.40. The van der Waals surface area contributed by atoms with Gasteiger partial charge in [-0.1, -0.05) is 12.1 Å². The predicted octanol–water partition coefficient (Wildman–Crippen LogP) is 4.10. The number of hydrogen-bond acceptors (Lipinski definition) is 4. The molecule has 0 aliphatic heterocycles. The highest BCUT2D eigenvalue weighted by molar-refractivity contribution is 7.94. The largest absolute Gasteiger partial charge is 0.314 e. The lowest BCUT2D eigenvalue weighted by atomic mass is 10.1. The maximum atomic E-state index is 5.13. The first-order chi connectivity index (χ1) is 7.88. The van der Waals surface area contributed by atoms with E-state index in [1.165, 1.54) is 27.5 Å². The summed E-state index contributed by atoms with van der Waals surface area (Å²) in [4.78, 5) is 5.47. The van der Waals surface area contributed by atoms with E-state index in [1.54, 1.807) is 18.4 Å². The zero-order chi connectivity index (χ0) is 11.0. The Hall–Kier alpha value is -1.10. The first kappa shape index (κ1) is 10.1. The molecule has 0 bridgehead atoms. The summed E-state index contributed by atoms with van der Waals surface area (Å²) >= 11 is 3.06. The predicted molar refractivity (Wildman–Crippen MR) is 70.0 cm³/mol. The zero-order valence-corrected chi connectivity index (χ0v) is 10.3. The minimum atomic E-state index is 1.06. The van der Waals surface area contributed by atoms with E-state index >= 15 is 0 Å². The second kappa shape index (κ2) is 4.05. The van der Waals surface area contributed by atoms with Gasteiger partial charge in [-0.15, -0.1) is 11.3 Å². The molecule has 0 aliphatic rings. The molecule has 0 N–H and O–H groups in total. The molecule has 0 unspecified atom stereocenters. The smallest absolute Gasteiger partial charge is 0.0818 e. The number of hydrogen-bond donors (Lipinski definition) is 0. The Balaban J connectivity index is 2.35. The summed E-state index contributed by atoms with van der Waals surface area (Å²) in [5, 5.41) is 2.44. The minimum absolute atomic E-state index is 1.06. The van der Waals surface area contributed by atoms with E-state index < -0.39 is 0 Å². The normalized spacial score (nSPS) is 11.3. The highest BCUT2D eigenvalue weighted by Crippen LogP contribution is 2.32. The summed E-state index contributed by atoms with van der Waals surface area (Å²) in [5.74, 6) is 0. The van der Waals surface area contributed by atoms with Crippen LogP contribution in [-0.4, -0.2) is 12.1 Å². The first-order valence-electron chi connectivity index (χ1n) is 4.85. The van der Waals surface area contributed by atoms with Crippen molar-refractivity contribution in [2.24, 2.45) is 0 Å². The van der Waals surface area contributed by atoms with Crippen LogP contribution in [0.15, 0.2) is 40.7 Å². The molecule has 0 spiro atoms. The molecule has 1 heterocycles. The molecule has 2 aromatic carbocycles. The van der Waals surface area contributed by atoms with Gasteiger partial charge in [-0.3, -0.25) is 0 Å². The molecule has 0 saturated carbocycles. The molecule has 3 aromatic rings. The van der Waals surface area contributed by atoms with Crippen LogP contribution in [0, 0.1) is 0 Å². The molecule has 80 valence electrons. The van der Waals surface area contributed by atoms with Crippen molar-refractivity contribution in [1.82, 2.24) is 4.98 Å². The molecule has 1 aromatic heterocycles. The Morgan fingerprint density at radius 3 is 3.12 bits per heavy atom. The van der Waals surface area contributed by atoms with Crippen LogP contribution in [-0.2, 0) is 4.18 Å². The Labute approximate surface area is 101 Å². The Morgan fingerprint density at radius 1 is 1.31 bits per heavy atom. The summed E-state index contributed by atoms with van der Waals surface area (Å²) in [6.45, 7) is 0. The maximum Gasteiger partial charge on any atom is 0.0818 e. The van der Waals surface area contributed by atoms with E-state index in [1.807, 2.05) is 5.51 Å². The van der Waals surface area contributed by atoms with Gasteiger partial charge in [0.1, 0.15) is 0 Å². The summed E-state index contributed by atoms with van der Waals surface area (Å²) in [5.41, 5.74) is 2.94. The number of aromatic nitrogens is 1. The highest BCUT2D eigenvalue weighted by atomic mass is 32.2. The van der Waals surface area contributed by atoms with Gasteiger partial charge < -0.3 is 4.18 Å². The average Bonchev–Trinajstić information content (AvgIpc) is 2.74. The number of benzene rings is 2. The zero-order valence-electron chi connectivity index (χ0n) is 8.64. The number of rotatable bonds is 2. The van der Waals surface area contributed by atoms with Gasteiger partial charge in [0.2, 0.25) is 0 Å². The fraction of sp³-hybridized carbons (Fsp3) is 0.0833. The number of nitrogens with zero attached hydrogens (tertiary/aromatic N) is 1. The van der Waals surface area contributed by atoms with Gasteiger partial charge in [0.05, 0.1) is 22.8 Å². The third kappa shape index (κ3) is 1.59. The van der Waals surface area contributed by atoms with Gasteiger partial charge in [-0.2, -0.15) is 0 Å². The van der Waals surface area contributed by atoms with Crippen molar-refractivity contribution in [3.05, 3.63) is 35.8 Å². The third-order valence-electron chi connectivity index (χ3n) is 2.46. The molecule has 2 nitrogen and oxygen atoms in total. The van der Waals surface area contributed by atoms with Crippen LogP contribution in [0.2, 0.25) is 0 Å². The van der Waals surface area contributed by atoms with Crippen molar-refractivity contribution in [3.8, 4) is 0 Å². The first-order valence-corrected chi connectivity index (χ1v) is 6.47. The summed E-state index contributed by atoms with van der Waals surface area (Å²) in [6, 6.07) is 10.5. The SMILES string of the molecule is COSc1cccc2cc3scnc3cc12.